The Bertz CT molecular complexity index is 1260. The van der Waals surface area contributed by atoms with E-state index in [9.17, 15) is 10.1 Å². The van der Waals surface area contributed by atoms with Gasteiger partial charge in [0.05, 0.1) is 0 Å². The maximum atomic E-state index is 12.6. The molecule has 0 aliphatic carbocycles. The summed E-state index contributed by atoms with van der Waals surface area (Å²) < 4.78 is 16.5. The summed E-state index contributed by atoms with van der Waals surface area (Å²) in [6.07, 6.45) is 3.79. The van der Waals surface area contributed by atoms with Crippen molar-refractivity contribution in [1.29, 1.82) is 5.26 Å². The number of anilines is 2. The van der Waals surface area contributed by atoms with Crippen molar-refractivity contribution in [3.05, 3.63) is 59.2 Å². The number of aromatic nitrogens is 2. The predicted molar refractivity (Wildman–Crippen MR) is 127 cm³/mol. The first kappa shape index (κ1) is 21.7. The van der Waals surface area contributed by atoms with Crippen molar-refractivity contribution < 1.29 is 19.0 Å². The van der Waals surface area contributed by atoms with E-state index in [1.165, 1.54) is 17.4 Å². The molecular weight excluding hydrogens is 454 g/mol. The molecule has 2 aliphatic rings. The van der Waals surface area contributed by atoms with Crippen LogP contribution in [-0.4, -0.2) is 36.0 Å². The van der Waals surface area contributed by atoms with Crippen LogP contribution in [0, 0.1) is 11.3 Å². The van der Waals surface area contributed by atoms with Crippen molar-refractivity contribution in [3.63, 3.8) is 0 Å². The van der Waals surface area contributed by atoms with Crippen LogP contribution in [0.4, 0.5) is 10.3 Å². The van der Waals surface area contributed by atoms with E-state index in [4.69, 9.17) is 14.2 Å². The summed E-state index contributed by atoms with van der Waals surface area (Å²) in [4.78, 5) is 14.7. The third kappa shape index (κ3) is 4.94. The van der Waals surface area contributed by atoms with Crippen molar-refractivity contribution >= 4 is 33.6 Å². The second kappa shape index (κ2) is 9.80. The number of hydrogen-bond acceptors (Lipinski definition) is 9. The summed E-state index contributed by atoms with van der Waals surface area (Å²) in [5.74, 6) is 1.59. The standard InChI is InChI=1S/C24H21N5O4S/c25-13-18(22(30)26-23-27-28-24(34-23)29-9-1-2-10-29)11-16-3-6-19(7-4-16)31-14-17-5-8-20-21(12-17)33-15-32-20/h3-8,11-12H,1-2,9-10,14-15H2,(H,26,27,30)/b18-11-. The van der Waals surface area contributed by atoms with Crippen LogP contribution in [0.15, 0.2) is 48.0 Å². The Morgan fingerprint density at radius 2 is 1.94 bits per heavy atom. The van der Waals surface area contributed by atoms with Crippen LogP contribution in [0.25, 0.3) is 6.08 Å². The first-order chi connectivity index (χ1) is 16.7. The quantitative estimate of drug-likeness (QED) is 0.404. The fourth-order valence-electron chi connectivity index (χ4n) is 3.64. The SMILES string of the molecule is N#C/C(=C/c1ccc(OCc2ccc3c(c2)OCO3)cc1)C(=O)Nc1nnc(N2CCCC2)s1. The molecule has 3 heterocycles. The highest BCUT2D eigenvalue weighted by Crippen LogP contribution is 2.33. The highest BCUT2D eigenvalue weighted by molar-refractivity contribution is 7.19. The van der Waals surface area contributed by atoms with Gasteiger partial charge in [-0.15, -0.1) is 10.2 Å². The van der Waals surface area contributed by atoms with Crippen LogP contribution in [0.3, 0.4) is 0 Å². The van der Waals surface area contributed by atoms with Gasteiger partial charge in [-0.3, -0.25) is 10.1 Å². The van der Waals surface area contributed by atoms with Crippen LogP contribution >= 0.6 is 11.3 Å². The number of carbonyl (C=O) groups excluding carboxylic acids is 1. The molecule has 0 saturated carbocycles. The van der Waals surface area contributed by atoms with Crippen LogP contribution in [0.5, 0.6) is 17.2 Å². The highest BCUT2D eigenvalue weighted by atomic mass is 32.1. The lowest BCUT2D eigenvalue weighted by molar-refractivity contribution is -0.112. The van der Waals surface area contributed by atoms with Gasteiger partial charge in [-0.05, 0) is 54.3 Å². The van der Waals surface area contributed by atoms with Crippen molar-refractivity contribution in [3.8, 4) is 23.3 Å². The first-order valence-corrected chi connectivity index (χ1v) is 11.6. The van der Waals surface area contributed by atoms with E-state index < -0.39 is 5.91 Å². The van der Waals surface area contributed by atoms with Gasteiger partial charge < -0.3 is 19.1 Å². The summed E-state index contributed by atoms with van der Waals surface area (Å²) >= 11 is 1.31. The summed E-state index contributed by atoms with van der Waals surface area (Å²) in [7, 11) is 0. The zero-order chi connectivity index (χ0) is 23.3. The number of rotatable bonds is 7. The average Bonchev–Trinajstić information content (AvgIpc) is 3.63. The molecule has 0 atom stereocenters. The van der Waals surface area contributed by atoms with Gasteiger partial charge in [0.1, 0.15) is 24.0 Å². The lowest BCUT2D eigenvalue weighted by Gasteiger charge is -2.10. The molecule has 0 radical (unpaired) electrons. The molecule has 1 N–H and O–H groups in total. The number of hydrogen-bond donors (Lipinski definition) is 1. The smallest absolute Gasteiger partial charge is 0.268 e. The van der Waals surface area contributed by atoms with Gasteiger partial charge in [-0.2, -0.15) is 5.26 Å². The van der Waals surface area contributed by atoms with Gasteiger partial charge in [-0.1, -0.05) is 29.5 Å². The molecule has 1 amide bonds. The molecule has 0 bridgehead atoms. The van der Waals surface area contributed by atoms with Gasteiger partial charge in [0, 0.05) is 13.1 Å². The normalized spacial score (nSPS) is 14.7. The number of fused-ring (bicyclic) bond motifs is 1. The molecule has 2 aliphatic heterocycles. The zero-order valence-electron chi connectivity index (χ0n) is 18.2. The van der Waals surface area contributed by atoms with Crippen LogP contribution in [0.1, 0.15) is 24.0 Å². The summed E-state index contributed by atoms with van der Waals surface area (Å²) in [6.45, 7) is 2.50. The second-order valence-corrected chi connectivity index (χ2v) is 8.71. The third-order valence-corrected chi connectivity index (χ3v) is 6.31. The molecule has 1 fully saturated rings. The Morgan fingerprint density at radius 3 is 2.74 bits per heavy atom. The molecule has 3 aromatic rings. The van der Waals surface area contributed by atoms with E-state index in [1.807, 2.05) is 24.3 Å². The second-order valence-electron chi connectivity index (χ2n) is 7.75. The fourth-order valence-corrected chi connectivity index (χ4v) is 4.43. The van der Waals surface area contributed by atoms with Gasteiger partial charge in [0.25, 0.3) is 5.91 Å². The largest absolute Gasteiger partial charge is 0.489 e. The first-order valence-electron chi connectivity index (χ1n) is 10.8. The number of nitrogens with zero attached hydrogens (tertiary/aromatic N) is 4. The molecule has 34 heavy (non-hydrogen) atoms. The number of ether oxygens (including phenoxy) is 3. The van der Waals surface area contributed by atoms with Crippen molar-refractivity contribution in [1.82, 2.24) is 10.2 Å². The Kier molecular flexibility index (Phi) is 6.27. The number of carbonyl (C=O) groups is 1. The Morgan fingerprint density at radius 1 is 1.15 bits per heavy atom. The molecule has 0 unspecified atom stereocenters. The van der Waals surface area contributed by atoms with Crippen molar-refractivity contribution in [2.24, 2.45) is 0 Å². The lowest BCUT2D eigenvalue weighted by Crippen LogP contribution is -2.17. The van der Waals surface area contributed by atoms with Crippen molar-refractivity contribution in [2.45, 2.75) is 19.4 Å². The van der Waals surface area contributed by atoms with E-state index in [0.717, 1.165) is 42.4 Å². The minimum Gasteiger partial charge on any atom is -0.489 e. The Labute approximate surface area is 200 Å². The number of benzene rings is 2. The molecule has 172 valence electrons. The van der Waals surface area contributed by atoms with Gasteiger partial charge in [0.2, 0.25) is 17.1 Å². The minimum absolute atomic E-state index is 0.0213. The lowest BCUT2D eigenvalue weighted by atomic mass is 10.1. The van der Waals surface area contributed by atoms with E-state index in [2.05, 4.69) is 20.4 Å². The topological polar surface area (TPSA) is 110 Å². The molecule has 1 saturated heterocycles. The van der Waals surface area contributed by atoms with E-state index in [-0.39, 0.29) is 12.4 Å². The molecule has 1 aromatic heterocycles. The molecule has 2 aromatic carbocycles. The Balaban J connectivity index is 1.19. The Hall–Kier alpha value is -4.10. The summed E-state index contributed by atoms with van der Waals surface area (Å²) in [5, 5.41) is 21.5. The van der Waals surface area contributed by atoms with Gasteiger partial charge in [-0.25, -0.2) is 0 Å². The minimum atomic E-state index is -0.519. The number of nitriles is 1. The van der Waals surface area contributed by atoms with Crippen LogP contribution in [-0.2, 0) is 11.4 Å². The maximum Gasteiger partial charge on any atom is 0.268 e. The van der Waals surface area contributed by atoms with Crippen LogP contribution < -0.4 is 24.4 Å². The molecule has 10 heteroatoms. The van der Waals surface area contributed by atoms with Gasteiger partial charge in [0.15, 0.2) is 11.5 Å². The predicted octanol–water partition coefficient (Wildman–Crippen LogP) is 3.99. The summed E-state index contributed by atoms with van der Waals surface area (Å²) in [6, 6.07) is 14.8. The molecule has 5 rings (SSSR count). The molecular formula is C24H21N5O4S. The van der Waals surface area contributed by atoms with Crippen LogP contribution in [0.2, 0.25) is 0 Å². The van der Waals surface area contributed by atoms with E-state index in [0.29, 0.717) is 28.8 Å². The number of amides is 1. The molecule has 9 nitrogen and oxygen atoms in total. The highest BCUT2D eigenvalue weighted by Gasteiger charge is 2.18. The van der Waals surface area contributed by atoms with E-state index >= 15 is 0 Å². The third-order valence-electron chi connectivity index (χ3n) is 5.41. The molecule has 0 spiro atoms. The van der Waals surface area contributed by atoms with Gasteiger partial charge >= 0.3 is 0 Å². The fraction of sp³-hybridized carbons (Fsp3) is 0.250. The summed E-state index contributed by atoms with van der Waals surface area (Å²) in [5.41, 5.74) is 1.64. The van der Waals surface area contributed by atoms with Crippen molar-refractivity contribution in [2.75, 3.05) is 30.1 Å². The number of nitrogens with one attached hydrogen (secondary N) is 1. The monoisotopic (exact) mass is 475 g/mol. The average molecular weight is 476 g/mol. The zero-order valence-corrected chi connectivity index (χ0v) is 19.0. The van der Waals surface area contributed by atoms with E-state index in [1.54, 1.807) is 24.3 Å². The maximum absolute atomic E-state index is 12.6.